The summed E-state index contributed by atoms with van der Waals surface area (Å²) in [6.45, 7) is 7.33. The average molecular weight is 296 g/mol. The summed E-state index contributed by atoms with van der Waals surface area (Å²) in [7, 11) is 0. The van der Waals surface area contributed by atoms with Gasteiger partial charge < -0.3 is 15.5 Å². The number of nitrogens with one attached hydrogen (secondary N) is 2. The predicted molar refractivity (Wildman–Crippen MR) is 83.3 cm³/mol. The smallest absolute Gasteiger partial charge is 0.242 e. The lowest BCUT2D eigenvalue weighted by Crippen LogP contribution is -2.55. The van der Waals surface area contributed by atoms with Crippen molar-refractivity contribution in [3.05, 3.63) is 28.8 Å². The molecule has 1 aromatic carbocycles. The summed E-state index contributed by atoms with van der Waals surface area (Å²) < 4.78 is 0. The molecule has 20 heavy (non-hydrogen) atoms. The van der Waals surface area contributed by atoms with Crippen LogP contribution in [0.15, 0.2) is 18.2 Å². The Labute approximate surface area is 125 Å². The summed E-state index contributed by atoms with van der Waals surface area (Å²) in [5.74, 6) is 0.105. The minimum Gasteiger partial charge on any atom is -0.357 e. The first kappa shape index (κ1) is 15.1. The van der Waals surface area contributed by atoms with Crippen molar-refractivity contribution in [3.63, 3.8) is 0 Å². The number of hydrogen-bond donors (Lipinski definition) is 2. The van der Waals surface area contributed by atoms with E-state index in [2.05, 4.69) is 22.5 Å². The Hall–Kier alpha value is -1.26. The molecule has 0 saturated carbocycles. The van der Waals surface area contributed by atoms with E-state index in [1.165, 1.54) is 5.56 Å². The Morgan fingerprint density at radius 1 is 1.45 bits per heavy atom. The van der Waals surface area contributed by atoms with Crippen LogP contribution >= 0.6 is 11.6 Å². The van der Waals surface area contributed by atoms with Gasteiger partial charge in [0.15, 0.2) is 0 Å². The van der Waals surface area contributed by atoms with Gasteiger partial charge in [0.1, 0.15) is 6.04 Å². The zero-order chi connectivity index (χ0) is 14.5. The first-order valence-corrected chi connectivity index (χ1v) is 7.58. The Morgan fingerprint density at radius 3 is 2.95 bits per heavy atom. The van der Waals surface area contributed by atoms with E-state index in [-0.39, 0.29) is 11.9 Å². The van der Waals surface area contributed by atoms with Crippen molar-refractivity contribution in [3.8, 4) is 0 Å². The molecule has 1 aliphatic rings. The number of benzene rings is 1. The van der Waals surface area contributed by atoms with E-state index in [4.69, 9.17) is 11.6 Å². The van der Waals surface area contributed by atoms with Crippen molar-refractivity contribution in [1.29, 1.82) is 0 Å². The molecule has 0 radical (unpaired) electrons. The van der Waals surface area contributed by atoms with Crippen molar-refractivity contribution in [2.24, 2.45) is 0 Å². The van der Waals surface area contributed by atoms with Gasteiger partial charge in [0.25, 0.3) is 0 Å². The van der Waals surface area contributed by atoms with Gasteiger partial charge in [0, 0.05) is 30.3 Å². The zero-order valence-corrected chi connectivity index (χ0v) is 12.8. The maximum absolute atomic E-state index is 12.0. The quantitative estimate of drug-likeness (QED) is 0.875. The third-order valence-electron chi connectivity index (χ3n) is 3.64. The Morgan fingerprint density at radius 2 is 2.25 bits per heavy atom. The van der Waals surface area contributed by atoms with Crippen LogP contribution in [-0.4, -0.2) is 31.6 Å². The lowest BCUT2D eigenvalue weighted by Gasteiger charge is -2.37. The number of piperazine rings is 1. The van der Waals surface area contributed by atoms with E-state index >= 15 is 0 Å². The fourth-order valence-corrected chi connectivity index (χ4v) is 2.79. The maximum atomic E-state index is 12.0. The average Bonchev–Trinajstić information content (AvgIpc) is 2.45. The fraction of sp³-hybridized carbons (Fsp3) is 0.533. The molecule has 4 nitrogen and oxygen atoms in total. The molecule has 0 bridgehead atoms. The van der Waals surface area contributed by atoms with Gasteiger partial charge in [-0.1, -0.05) is 31.5 Å². The first-order chi connectivity index (χ1) is 9.67. The number of amides is 1. The normalized spacial score (nSPS) is 19.1. The highest BCUT2D eigenvalue weighted by Gasteiger charge is 2.29. The molecule has 0 spiro atoms. The van der Waals surface area contributed by atoms with Crippen molar-refractivity contribution in [2.75, 3.05) is 24.5 Å². The highest BCUT2D eigenvalue weighted by Crippen LogP contribution is 2.28. The van der Waals surface area contributed by atoms with Crippen LogP contribution in [0.4, 0.5) is 5.69 Å². The molecule has 1 unspecified atom stereocenters. The molecular formula is C15H22ClN3O. The monoisotopic (exact) mass is 295 g/mol. The van der Waals surface area contributed by atoms with Crippen LogP contribution in [0.25, 0.3) is 0 Å². The van der Waals surface area contributed by atoms with Crippen molar-refractivity contribution >= 4 is 23.2 Å². The minimum atomic E-state index is -0.109. The number of carbonyl (C=O) groups excluding carboxylic acids is 1. The summed E-state index contributed by atoms with van der Waals surface area (Å²) in [5, 5.41) is 6.98. The molecule has 5 heteroatoms. The Bertz CT molecular complexity index is 478. The van der Waals surface area contributed by atoms with Gasteiger partial charge >= 0.3 is 0 Å². The highest BCUT2D eigenvalue weighted by atomic mass is 35.5. The van der Waals surface area contributed by atoms with Gasteiger partial charge in [0.05, 0.1) is 0 Å². The van der Waals surface area contributed by atoms with E-state index in [0.29, 0.717) is 11.6 Å². The van der Waals surface area contributed by atoms with Gasteiger partial charge in [-0.3, -0.25) is 4.79 Å². The third-order valence-corrected chi connectivity index (χ3v) is 3.87. The predicted octanol–water partition coefficient (Wildman–Crippen LogP) is 2.16. The number of nitrogens with zero attached hydrogens (tertiary/aromatic N) is 1. The van der Waals surface area contributed by atoms with Crippen LogP contribution in [0.5, 0.6) is 0 Å². The molecule has 1 aromatic rings. The standard InChI is InChI=1S/C15H22ClN3O/c1-3-13-15(20)18-7-8-19(13)14-9-12(16)6-5-11(14)10-17-4-2/h5-6,9,13,17H,3-4,7-8,10H2,1-2H3,(H,18,20). The van der Waals surface area contributed by atoms with Gasteiger partial charge in [-0.2, -0.15) is 0 Å². The highest BCUT2D eigenvalue weighted by molar-refractivity contribution is 6.30. The minimum absolute atomic E-state index is 0.105. The van der Waals surface area contributed by atoms with Crippen LogP contribution < -0.4 is 15.5 Å². The Kier molecular flexibility index (Phi) is 5.26. The molecule has 1 fully saturated rings. The molecule has 2 N–H and O–H groups in total. The number of rotatable bonds is 5. The van der Waals surface area contributed by atoms with E-state index < -0.39 is 0 Å². The van der Waals surface area contributed by atoms with Gasteiger partial charge in [-0.25, -0.2) is 0 Å². The molecule has 0 aromatic heterocycles. The second-order valence-electron chi connectivity index (χ2n) is 4.96. The molecule has 2 rings (SSSR count). The molecule has 110 valence electrons. The van der Waals surface area contributed by atoms with Gasteiger partial charge in [0.2, 0.25) is 5.91 Å². The second kappa shape index (κ2) is 6.95. The number of carbonyl (C=O) groups is 1. The van der Waals surface area contributed by atoms with E-state index in [1.54, 1.807) is 0 Å². The molecule has 1 aliphatic heterocycles. The van der Waals surface area contributed by atoms with Crippen LogP contribution in [0.3, 0.4) is 0 Å². The van der Waals surface area contributed by atoms with Crippen LogP contribution in [0, 0.1) is 0 Å². The topological polar surface area (TPSA) is 44.4 Å². The lowest BCUT2D eigenvalue weighted by atomic mass is 10.1. The summed E-state index contributed by atoms with van der Waals surface area (Å²) >= 11 is 6.15. The molecule has 1 atom stereocenters. The third kappa shape index (κ3) is 3.25. The summed E-state index contributed by atoms with van der Waals surface area (Å²) in [5.41, 5.74) is 2.25. The Balaban J connectivity index is 2.33. The zero-order valence-electron chi connectivity index (χ0n) is 12.1. The van der Waals surface area contributed by atoms with Crippen molar-refractivity contribution in [1.82, 2.24) is 10.6 Å². The van der Waals surface area contributed by atoms with E-state index in [1.807, 2.05) is 25.1 Å². The van der Waals surface area contributed by atoms with Crippen molar-refractivity contribution < 1.29 is 4.79 Å². The van der Waals surface area contributed by atoms with Gasteiger partial charge in [-0.15, -0.1) is 0 Å². The summed E-state index contributed by atoms with van der Waals surface area (Å²) in [4.78, 5) is 14.2. The molecule has 1 heterocycles. The number of anilines is 1. The largest absolute Gasteiger partial charge is 0.357 e. The number of halogens is 1. The molecule has 1 amide bonds. The van der Waals surface area contributed by atoms with Crippen LogP contribution in [0.2, 0.25) is 5.02 Å². The SMILES string of the molecule is CCNCc1ccc(Cl)cc1N1CCNC(=O)C1CC. The summed E-state index contributed by atoms with van der Waals surface area (Å²) in [6, 6.07) is 5.81. The molecular weight excluding hydrogens is 274 g/mol. The van der Waals surface area contributed by atoms with E-state index in [9.17, 15) is 4.79 Å². The summed E-state index contributed by atoms with van der Waals surface area (Å²) in [6.07, 6.45) is 0.791. The fourth-order valence-electron chi connectivity index (χ4n) is 2.62. The van der Waals surface area contributed by atoms with Crippen LogP contribution in [0.1, 0.15) is 25.8 Å². The van der Waals surface area contributed by atoms with Crippen LogP contribution in [-0.2, 0) is 11.3 Å². The lowest BCUT2D eigenvalue weighted by molar-refractivity contribution is -0.123. The molecule has 1 saturated heterocycles. The first-order valence-electron chi connectivity index (χ1n) is 7.20. The van der Waals surface area contributed by atoms with Gasteiger partial charge in [-0.05, 0) is 30.7 Å². The number of hydrogen-bond acceptors (Lipinski definition) is 3. The van der Waals surface area contributed by atoms with E-state index in [0.717, 1.165) is 31.7 Å². The second-order valence-corrected chi connectivity index (χ2v) is 5.40. The van der Waals surface area contributed by atoms with Crippen molar-refractivity contribution in [2.45, 2.75) is 32.9 Å². The maximum Gasteiger partial charge on any atom is 0.242 e. The molecule has 0 aliphatic carbocycles.